The zero-order valence-corrected chi connectivity index (χ0v) is 19.7. The molecule has 0 bridgehead atoms. The summed E-state index contributed by atoms with van der Waals surface area (Å²) in [4.78, 5) is 12.4. The molecule has 0 radical (unpaired) electrons. The number of carbonyl (C=O) groups is 1. The monoisotopic (exact) mass is 487 g/mol. The fourth-order valence-corrected chi connectivity index (χ4v) is 6.18. The highest BCUT2D eigenvalue weighted by atomic mass is 32.2. The van der Waals surface area contributed by atoms with Gasteiger partial charge in [0.15, 0.2) is 0 Å². The summed E-state index contributed by atoms with van der Waals surface area (Å²) in [6, 6.07) is 25.4. The SMILES string of the molecule is CCC1c2cc(F)ccc2-c2ccccc2N1S(=O)(=O)c1ccc(OC(=O)c2ccccc2)cc1. The van der Waals surface area contributed by atoms with Crippen molar-refractivity contribution in [3.05, 3.63) is 114 Å². The van der Waals surface area contributed by atoms with Crippen LogP contribution < -0.4 is 9.04 Å². The van der Waals surface area contributed by atoms with Gasteiger partial charge >= 0.3 is 5.97 Å². The second-order valence-electron chi connectivity index (χ2n) is 8.20. The number of rotatable bonds is 5. The third-order valence-electron chi connectivity index (χ3n) is 6.07. The normalized spacial score (nSPS) is 14.7. The van der Waals surface area contributed by atoms with Crippen molar-refractivity contribution in [2.24, 2.45) is 0 Å². The number of halogens is 1. The van der Waals surface area contributed by atoms with Crippen LogP contribution in [0, 0.1) is 5.82 Å². The summed E-state index contributed by atoms with van der Waals surface area (Å²) in [5.41, 5.74) is 3.11. The number of ether oxygens (including phenoxy) is 1. The topological polar surface area (TPSA) is 63.7 Å². The van der Waals surface area contributed by atoms with Gasteiger partial charge in [0.25, 0.3) is 10.0 Å². The number of esters is 1. The van der Waals surface area contributed by atoms with E-state index in [-0.39, 0.29) is 10.6 Å². The molecular formula is C28H22FNO4S. The van der Waals surface area contributed by atoms with Crippen LogP contribution in [0.1, 0.15) is 35.3 Å². The lowest BCUT2D eigenvalue weighted by Gasteiger charge is -2.38. The third kappa shape index (κ3) is 4.08. The van der Waals surface area contributed by atoms with Gasteiger partial charge in [0.1, 0.15) is 11.6 Å². The van der Waals surface area contributed by atoms with Gasteiger partial charge in [-0.05, 0) is 72.1 Å². The average molecular weight is 488 g/mol. The molecule has 0 amide bonds. The van der Waals surface area contributed by atoms with Gasteiger partial charge in [-0.2, -0.15) is 0 Å². The van der Waals surface area contributed by atoms with Gasteiger partial charge in [-0.3, -0.25) is 4.31 Å². The van der Waals surface area contributed by atoms with Crippen molar-refractivity contribution in [2.75, 3.05) is 4.31 Å². The van der Waals surface area contributed by atoms with Crippen LogP contribution in [-0.2, 0) is 10.0 Å². The van der Waals surface area contributed by atoms with Gasteiger partial charge in [-0.15, -0.1) is 0 Å². The Kier molecular flexibility index (Phi) is 5.86. The fraction of sp³-hybridized carbons (Fsp3) is 0.107. The molecule has 0 N–H and O–H groups in total. The van der Waals surface area contributed by atoms with Crippen LogP contribution in [0.4, 0.5) is 10.1 Å². The molecule has 7 heteroatoms. The molecule has 0 saturated heterocycles. The zero-order chi connectivity index (χ0) is 24.6. The Labute approximate surface area is 203 Å². The van der Waals surface area contributed by atoms with Crippen LogP contribution in [-0.4, -0.2) is 14.4 Å². The van der Waals surface area contributed by atoms with E-state index in [1.165, 1.54) is 40.7 Å². The Morgan fingerprint density at radius 2 is 1.57 bits per heavy atom. The van der Waals surface area contributed by atoms with Crippen molar-refractivity contribution in [1.29, 1.82) is 0 Å². The van der Waals surface area contributed by atoms with E-state index in [1.54, 1.807) is 48.5 Å². The molecule has 4 aromatic rings. The van der Waals surface area contributed by atoms with Crippen LogP contribution in [0.25, 0.3) is 11.1 Å². The predicted molar refractivity (Wildman–Crippen MR) is 132 cm³/mol. The summed E-state index contributed by atoms with van der Waals surface area (Å²) in [6.07, 6.45) is 0.455. The summed E-state index contributed by atoms with van der Waals surface area (Å²) in [5.74, 6) is -0.712. The van der Waals surface area contributed by atoms with Gasteiger partial charge < -0.3 is 4.74 Å². The third-order valence-corrected chi connectivity index (χ3v) is 7.91. The van der Waals surface area contributed by atoms with Crippen molar-refractivity contribution in [3.8, 4) is 16.9 Å². The van der Waals surface area contributed by atoms with E-state index >= 15 is 0 Å². The summed E-state index contributed by atoms with van der Waals surface area (Å²) in [5, 5.41) is 0. The van der Waals surface area contributed by atoms with Crippen molar-refractivity contribution in [2.45, 2.75) is 24.3 Å². The first-order chi connectivity index (χ1) is 16.9. The van der Waals surface area contributed by atoms with Crippen molar-refractivity contribution < 1.29 is 22.3 Å². The van der Waals surface area contributed by atoms with Crippen molar-refractivity contribution in [3.63, 3.8) is 0 Å². The Bertz CT molecular complexity index is 1500. The quantitative estimate of drug-likeness (QED) is 0.242. The lowest BCUT2D eigenvalue weighted by molar-refractivity contribution is 0.0734. The van der Waals surface area contributed by atoms with Crippen LogP contribution in [0.2, 0.25) is 0 Å². The zero-order valence-electron chi connectivity index (χ0n) is 18.9. The molecule has 0 spiro atoms. The van der Waals surface area contributed by atoms with E-state index in [9.17, 15) is 17.6 Å². The van der Waals surface area contributed by atoms with E-state index in [4.69, 9.17) is 4.74 Å². The minimum Gasteiger partial charge on any atom is -0.423 e. The molecule has 0 fully saturated rings. The lowest BCUT2D eigenvalue weighted by atomic mass is 9.88. The second kappa shape index (κ2) is 9.00. The first-order valence-electron chi connectivity index (χ1n) is 11.2. The minimum absolute atomic E-state index is 0.0464. The molecule has 1 aliphatic heterocycles. The summed E-state index contributed by atoms with van der Waals surface area (Å²) >= 11 is 0. The number of carbonyl (C=O) groups excluding carboxylic acids is 1. The molecule has 0 aliphatic carbocycles. The largest absolute Gasteiger partial charge is 0.423 e. The van der Waals surface area contributed by atoms with Crippen molar-refractivity contribution in [1.82, 2.24) is 0 Å². The number of hydrogen-bond acceptors (Lipinski definition) is 4. The molecule has 176 valence electrons. The van der Waals surface area contributed by atoms with Gasteiger partial charge in [0.05, 0.1) is 22.2 Å². The molecule has 0 saturated carbocycles. The molecule has 4 aromatic carbocycles. The Morgan fingerprint density at radius 1 is 0.886 bits per heavy atom. The van der Waals surface area contributed by atoms with Gasteiger partial charge in [0.2, 0.25) is 0 Å². The molecule has 1 atom stereocenters. The predicted octanol–water partition coefficient (Wildman–Crippen LogP) is 6.37. The number of anilines is 1. The van der Waals surface area contributed by atoms with Crippen LogP contribution in [0.3, 0.4) is 0 Å². The van der Waals surface area contributed by atoms with Crippen LogP contribution in [0.5, 0.6) is 5.75 Å². The Morgan fingerprint density at radius 3 is 2.29 bits per heavy atom. The van der Waals surface area contributed by atoms with Gasteiger partial charge in [0, 0.05) is 5.56 Å². The maximum Gasteiger partial charge on any atom is 0.343 e. The standard InChI is InChI=1S/C28H22FNO4S/c1-2-26-25-18-20(29)12-17-23(25)24-10-6-7-11-27(24)30(26)35(32,33)22-15-13-21(14-16-22)34-28(31)19-8-4-3-5-9-19/h3-18,26H,2H2,1H3. The highest BCUT2D eigenvalue weighted by molar-refractivity contribution is 7.92. The Hall–Kier alpha value is -3.97. The van der Waals surface area contributed by atoms with Crippen LogP contribution in [0.15, 0.2) is 102 Å². The second-order valence-corrected chi connectivity index (χ2v) is 10.0. The molecule has 0 aromatic heterocycles. The number of hydrogen-bond donors (Lipinski definition) is 0. The molecule has 5 rings (SSSR count). The van der Waals surface area contributed by atoms with E-state index in [1.807, 2.05) is 19.1 Å². The summed E-state index contributed by atoms with van der Waals surface area (Å²) in [7, 11) is -4.02. The first-order valence-corrected chi connectivity index (χ1v) is 12.6. The number of sulfonamides is 1. The lowest BCUT2D eigenvalue weighted by Crippen LogP contribution is -2.37. The van der Waals surface area contributed by atoms with E-state index < -0.39 is 27.9 Å². The smallest absolute Gasteiger partial charge is 0.343 e. The summed E-state index contributed by atoms with van der Waals surface area (Å²) in [6.45, 7) is 1.88. The average Bonchev–Trinajstić information content (AvgIpc) is 2.88. The highest BCUT2D eigenvalue weighted by Crippen LogP contribution is 2.48. The molecule has 1 aliphatic rings. The maximum absolute atomic E-state index is 14.2. The Balaban J connectivity index is 1.52. The number of nitrogens with zero attached hydrogens (tertiary/aromatic N) is 1. The molecule has 35 heavy (non-hydrogen) atoms. The molecule has 1 unspecified atom stereocenters. The first kappa shape index (κ1) is 22.8. The number of fused-ring (bicyclic) bond motifs is 3. The summed E-state index contributed by atoms with van der Waals surface area (Å²) < 4.78 is 48.7. The molecule has 1 heterocycles. The highest BCUT2D eigenvalue weighted by Gasteiger charge is 2.38. The van der Waals surface area contributed by atoms with Gasteiger partial charge in [-0.1, -0.05) is 49.4 Å². The fourth-order valence-electron chi connectivity index (χ4n) is 4.46. The van der Waals surface area contributed by atoms with Gasteiger partial charge in [-0.25, -0.2) is 17.6 Å². The maximum atomic E-state index is 14.2. The van der Waals surface area contributed by atoms with E-state index in [0.29, 0.717) is 23.2 Å². The molecule has 5 nitrogen and oxygen atoms in total. The van der Waals surface area contributed by atoms with E-state index in [0.717, 1.165) is 11.1 Å². The number of para-hydroxylation sites is 1. The molecular weight excluding hydrogens is 465 g/mol. The van der Waals surface area contributed by atoms with Crippen LogP contribution >= 0.6 is 0 Å². The number of benzene rings is 4. The van der Waals surface area contributed by atoms with Crippen molar-refractivity contribution >= 4 is 21.7 Å². The minimum atomic E-state index is -4.02. The van der Waals surface area contributed by atoms with E-state index in [2.05, 4.69) is 0 Å².